The summed E-state index contributed by atoms with van der Waals surface area (Å²) in [6.45, 7) is 0.684. The fraction of sp³-hybridized carbons (Fsp3) is 0.222. The molecule has 0 aromatic heterocycles. The molecule has 2 heteroatoms. The van der Waals surface area contributed by atoms with E-state index in [0.717, 1.165) is 18.6 Å². The zero-order valence-electron chi connectivity index (χ0n) is 11.3. The molecule has 3 bridgehead atoms. The highest BCUT2D eigenvalue weighted by Crippen LogP contribution is 2.47. The van der Waals surface area contributed by atoms with Crippen LogP contribution in [-0.2, 0) is 5.60 Å². The van der Waals surface area contributed by atoms with Gasteiger partial charge >= 0.3 is 0 Å². The second-order valence-corrected chi connectivity index (χ2v) is 5.51. The Morgan fingerprint density at radius 3 is 2.85 bits per heavy atom. The Hall–Kier alpha value is -2.06. The van der Waals surface area contributed by atoms with Gasteiger partial charge in [-0.1, -0.05) is 36.4 Å². The first-order valence-corrected chi connectivity index (χ1v) is 7.15. The Labute approximate surface area is 118 Å². The van der Waals surface area contributed by atoms with Crippen LogP contribution in [0, 0.1) is 0 Å². The lowest BCUT2D eigenvalue weighted by Gasteiger charge is -2.32. The molecule has 0 amide bonds. The van der Waals surface area contributed by atoms with Gasteiger partial charge in [-0.3, -0.25) is 0 Å². The molecule has 1 heterocycles. The van der Waals surface area contributed by atoms with Crippen molar-refractivity contribution in [3.8, 4) is 16.9 Å². The molecule has 1 unspecified atom stereocenters. The minimum atomic E-state index is -0.379. The van der Waals surface area contributed by atoms with Gasteiger partial charge in [-0.15, -0.1) is 0 Å². The molecule has 0 spiro atoms. The smallest absolute Gasteiger partial charge is 0.153 e. The van der Waals surface area contributed by atoms with Crippen LogP contribution in [0.4, 0.5) is 0 Å². The van der Waals surface area contributed by atoms with Gasteiger partial charge in [0.15, 0.2) is 5.60 Å². The van der Waals surface area contributed by atoms with Gasteiger partial charge in [0, 0.05) is 5.56 Å². The van der Waals surface area contributed by atoms with Gasteiger partial charge in [0.2, 0.25) is 0 Å². The first kappa shape index (κ1) is 11.7. The Kier molecular flexibility index (Phi) is 2.48. The van der Waals surface area contributed by atoms with Crippen LogP contribution in [0.1, 0.15) is 24.0 Å². The van der Waals surface area contributed by atoms with Gasteiger partial charge in [0.25, 0.3) is 0 Å². The van der Waals surface area contributed by atoms with Gasteiger partial charge in [-0.2, -0.15) is 0 Å². The van der Waals surface area contributed by atoms with E-state index in [1.807, 2.05) is 0 Å². The van der Waals surface area contributed by atoms with E-state index in [0.29, 0.717) is 6.54 Å². The maximum absolute atomic E-state index is 6.38. The average molecular weight is 263 g/mol. The molecule has 4 rings (SSSR count). The highest BCUT2D eigenvalue weighted by molar-refractivity contribution is 5.83. The molecule has 2 aromatic rings. The van der Waals surface area contributed by atoms with Gasteiger partial charge in [-0.25, -0.2) is 0 Å². The van der Waals surface area contributed by atoms with Crippen LogP contribution in [0.3, 0.4) is 0 Å². The third kappa shape index (κ3) is 1.55. The molecule has 1 aliphatic carbocycles. The van der Waals surface area contributed by atoms with Crippen molar-refractivity contribution >= 4 is 6.08 Å². The summed E-state index contributed by atoms with van der Waals surface area (Å²) in [5, 5.41) is 0. The molecule has 1 atom stereocenters. The van der Waals surface area contributed by atoms with Crippen LogP contribution in [0.25, 0.3) is 17.2 Å². The van der Waals surface area contributed by atoms with E-state index >= 15 is 0 Å². The Bertz CT molecular complexity index is 704. The number of benzene rings is 2. The number of rotatable bonds is 3. The Balaban J connectivity index is 2.02. The third-order valence-corrected chi connectivity index (χ3v) is 4.28. The molecule has 0 radical (unpaired) electrons. The lowest BCUT2D eigenvalue weighted by molar-refractivity contribution is 0.109. The van der Waals surface area contributed by atoms with E-state index < -0.39 is 0 Å². The third-order valence-electron chi connectivity index (χ3n) is 4.28. The monoisotopic (exact) mass is 263 g/mol. The van der Waals surface area contributed by atoms with Crippen LogP contribution < -0.4 is 10.5 Å². The van der Waals surface area contributed by atoms with Gasteiger partial charge in [-0.05, 0) is 54.3 Å². The minimum Gasteiger partial charge on any atom is -0.478 e. The van der Waals surface area contributed by atoms with Crippen LogP contribution in [0.5, 0.6) is 5.75 Å². The average Bonchev–Trinajstić information content (AvgIpc) is 2.66. The largest absolute Gasteiger partial charge is 0.478 e. The molecular weight excluding hydrogens is 246 g/mol. The van der Waals surface area contributed by atoms with Crippen molar-refractivity contribution in [3.05, 3.63) is 59.7 Å². The highest BCUT2D eigenvalue weighted by atomic mass is 16.5. The number of hydrogen-bond donors (Lipinski definition) is 1. The molecule has 0 saturated carbocycles. The van der Waals surface area contributed by atoms with Crippen molar-refractivity contribution < 1.29 is 4.74 Å². The molecule has 0 fully saturated rings. The van der Waals surface area contributed by atoms with Crippen LogP contribution in [0.15, 0.2) is 48.5 Å². The lowest BCUT2D eigenvalue weighted by atomic mass is 9.85. The second-order valence-electron chi connectivity index (χ2n) is 5.51. The maximum atomic E-state index is 6.38. The van der Waals surface area contributed by atoms with Crippen molar-refractivity contribution in [2.75, 3.05) is 6.54 Å². The lowest BCUT2D eigenvalue weighted by Crippen LogP contribution is -2.31. The molecule has 2 N–H and O–H groups in total. The predicted octanol–water partition coefficient (Wildman–Crippen LogP) is 3.71. The summed E-state index contributed by atoms with van der Waals surface area (Å²) < 4.78 is 6.38. The predicted molar refractivity (Wildman–Crippen MR) is 81.5 cm³/mol. The summed E-state index contributed by atoms with van der Waals surface area (Å²) >= 11 is 0. The Morgan fingerprint density at radius 1 is 1.05 bits per heavy atom. The van der Waals surface area contributed by atoms with Gasteiger partial charge < -0.3 is 10.5 Å². The summed E-state index contributed by atoms with van der Waals surface area (Å²) in [5.41, 5.74) is 10.4. The number of fused-ring (bicyclic) bond motifs is 1. The summed E-state index contributed by atoms with van der Waals surface area (Å²) in [6.07, 6.45) is 6.25. The highest BCUT2D eigenvalue weighted by Gasteiger charge is 2.37. The van der Waals surface area contributed by atoms with E-state index in [1.165, 1.54) is 22.3 Å². The van der Waals surface area contributed by atoms with Crippen molar-refractivity contribution in [1.82, 2.24) is 0 Å². The van der Waals surface area contributed by atoms with Crippen molar-refractivity contribution in [1.29, 1.82) is 0 Å². The summed E-state index contributed by atoms with van der Waals surface area (Å²) in [5.74, 6) is 0.946. The fourth-order valence-electron chi connectivity index (χ4n) is 3.31. The van der Waals surface area contributed by atoms with E-state index in [2.05, 4.69) is 54.6 Å². The first-order valence-electron chi connectivity index (χ1n) is 7.15. The fourth-order valence-corrected chi connectivity index (χ4v) is 3.31. The van der Waals surface area contributed by atoms with Gasteiger partial charge in [0.05, 0.1) is 0 Å². The van der Waals surface area contributed by atoms with Crippen LogP contribution in [-0.4, -0.2) is 6.54 Å². The molecule has 100 valence electrons. The molecule has 2 aliphatic rings. The van der Waals surface area contributed by atoms with Gasteiger partial charge in [0.1, 0.15) is 5.75 Å². The standard InChI is InChI=1S/C18H17NO/c19-11-3-9-18-10-8-13-6-7-14(20-18)12-16(13)15-4-1-2-5-17(15)18/h1-2,4-8,10,12H,3,9,11,19H2. The second kappa shape index (κ2) is 4.22. The Morgan fingerprint density at radius 2 is 1.95 bits per heavy atom. The summed E-state index contributed by atoms with van der Waals surface area (Å²) in [7, 11) is 0. The molecule has 20 heavy (non-hydrogen) atoms. The van der Waals surface area contributed by atoms with Crippen LogP contribution >= 0.6 is 0 Å². The van der Waals surface area contributed by atoms with E-state index in [-0.39, 0.29) is 5.60 Å². The zero-order valence-corrected chi connectivity index (χ0v) is 11.3. The number of hydrogen-bond acceptors (Lipinski definition) is 2. The summed E-state index contributed by atoms with van der Waals surface area (Å²) in [6, 6.07) is 14.9. The zero-order chi connectivity index (χ0) is 13.6. The quantitative estimate of drug-likeness (QED) is 0.916. The molecule has 2 aromatic carbocycles. The van der Waals surface area contributed by atoms with Crippen molar-refractivity contribution in [2.45, 2.75) is 18.4 Å². The topological polar surface area (TPSA) is 35.2 Å². The van der Waals surface area contributed by atoms with Crippen molar-refractivity contribution in [3.63, 3.8) is 0 Å². The minimum absolute atomic E-state index is 0.379. The number of ether oxygens (including phenoxy) is 1. The van der Waals surface area contributed by atoms with E-state index in [4.69, 9.17) is 10.5 Å². The molecular formula is C18H17NO. The van der Waals surface area contributed by atoms with Crippen LogP contribution in [0.2, 0.25) is 0 Å². The first-order chi connectivity index (χ1) is 9.82. The SMILES string of the molecule is NCCCC12C=Cc3ccc(cc3-c3ccccc31)O2. The van der Waals surface area contributed by atoms with E-state index in [9.17, 15) is 0 Å². The molecule has 2 nitrogen and oxygen atoms in total. The molecule has 0 saturated heterocycles. The van der Waals surface area contributed by atoms with E-state index in [1.54, 1.807) is 0 Å². The van der Waals surface area contributed by atoms with Crippen molar-refractivity contribution in [2.24, 2.45) is 5.73 Å². The normalized spacial score (nSPS) is 21.2. The maximum Gasteiger partial charge on any atom is 0.153 e. The number of nitrogens with two attached hydrogens (primary N) is 1. The molecule has 1 aliphatic heterocycles. The summed E-state index contributed by atoms with van der Waals surface area (Å²) in [4.78, 5) is 0.